The largest absolute Gasteiger partial charge is 0.506 e. The predicted molar refractivity (Wildman–Crippen MR) is 326 cm³/mol. The van der Waals surface area contributed by atoms with Gasteiger partial charge in [0.1, 0.15) is 69.8 Å². The standard InChI is InChI=1S/C17H12BrNO3.C17H13NO4.C16H10ClNO3.C16H11NO3/c18-13-8-6-12-7-9-14(17(20)21)19-15(12)16(13)22-10-11-4-2-1-3-5-11;19-14-9-13(17(20)21)18-16-12(14)7-4-8-15(16)22-10-11-5-2-1-3-6-11;17-10-6-4-9(5-7-10)12-8-13(16(20)21)18-15-11(12)2-1-3-14(15)19;18-14-8-4-7-11-12(10-5-2-1-3-6-10)9-13(16(19)20)17-15(11)14/h1-9H,10H2,(H,20,21);1-9H,10H2,(H,18,19)(H,20,21);1-8,19H,(H,20,21);1-9,18H,(H,19,20). The first-order valence-corrected chi connectivity index (χ1v) is 26.8. The molecule has 0 bridgehead atoms. The van der Waals surface area contributed by atoms with Gasteiger partial charge in [-0.05, 0) is 110 Å². The number of aromatic carboxylic acids is 4. The van der Waals surface area contributed by atoms with E-state index in [0.717, 1.165) is 49.1 Å². The number of fused-ring (bicyclic) bond motifs is 4. The summed E-state index contributed by atoms with van der Waals surface area (Å²) in [5, 5.41) is 59.5. The minimum absolute atomic E-state index is 0.00448. The van der Waals surface area contributed by atoms with Crippen molar-refractivity contribution in [3.63, 3.8) is 0 Å². The molecule has 0 atom stereocenters. The molecule has 85 heavy (non-hydrogen) atoms. The van der Waals surface area contributed by atoms with E-state index in [1.807, 2.05) is 109 Å². The number of phenolic OH excluding ortho intramolecular Hbond substituents is 2. The quantitative estimate of drug-likeness (QED) is 0.0599. The van der Waals surface area contributed by atoms with Crippen LogP contribution >= 0.6 is 27.5 Å². The van der Waals surface area contributed by atoms with E-state index in [2.05, 4.69) is 35.9 Å². The first kappa shape index (κ1) is 58.7. The maximum atomic E-state index is 12.0. The van der Waals surface area contributed by atoms with Gasteiger partial charge in [-0.15, -0.1) is 0 Å². The maximum Gasteiger partial charge on any atom is 0.354 e. The average molecular weight is 1220 g/mol. The highest BCUT2D eigenvalue weighted by Gasteiger charge is 2.18. The number of nitrogens with zero attached hydrogens (tertiary/aromatic N) is 3. The van der Waals surface area contributed by atoms with Crippen LogP contribution in [0.15, 0.2) is 222 Å². The summed E-state index contributed by atoms with van der Waals surface area (Å²) >= 11 is 9.32. The molecular weight excluding hydrogens is 1170 g/mol. The third-order valence-electron chi connectivity index (χ3n) is 12.8. The number of rotatable bonds is 12. The Balaban J connectivity index is 0.000000136. The zero-order valence-corrected chi connectivity index (χ0v) is 46.6. The molecule has 0 spiro atoms. The number of carbonyl (C=O) groups is 4. The molecule has 0 aliphatic carbocycles. The van der Waals surface area contributed by atoms with E-state index in [1.54, 1.807) is 66.7 Å². The Hall–Kier alpha value is -11.0. The van der Waals surface area contributed by atoms with Crippen molar-refractivity contribution in [1.29, 1.82) is 0 Å². The van der Waals surface area contributed by atoms with Crippen LogP contribution in [0.25, 0.3) is 65.9 Å². The van der Waals surface area contributed by atoms with Gasteiger partial charge in [-0.2, -0.15) is 0 Å². The Labute approximate surface area is 496 Å². The molecule has 0 unspecified atom stereocenters. The van der Waals surface area contributed by atoms with Crippen LogP contribution in [-0.4, -0.2) is 74.5 Å². The highest BCUT2D eigenvalue weighted by atomic mass is 79.9. The van der Waals surface area contributed by atoms with Crippen LogP contribution in [0.1, 0.15) is 53.1 Å². The lowest BCUT2D eigenvalue weighted by atomic mass is 10.00. The first-order valence-electron chi connectivity index (χ1n) is 25.6. The van der Waals surface area contributed by atoms with Crippen LogP contribution in [0.4, 0.5) is 0 Å². The van der Waals surface area contributed by atoms with E-state index in [-0.39, 0.29) is 45.2 Å². The normalized spacial score (nSPS) is 10.6. The molecule has 4 heterocycles. The van der Waals surface area contributed by atoms with Crippen molar-refractivity contribution in [3.8, 4) is 45.3 Å². The summed E-state index contributed by atoms with van der Waals surface area (Å²) in [4.78, 5) is 71.6. The van der Waals surface area contributed by atoms with Gasteiger partial charge in [0.15, 0.2) is 11.2 Å². The number of nitrogens with one attached hydrogen (secondary N) is 1. The molecule has 19 heteroatoms. The minimum Gasteiger partial charge on any atom is -0.506 e. The van der Waals surface area contributed by atoms with Crippen molar-refractivity contribution in [2.24, 2.45) is 0 Å². The van der Waals surface area contributed by atoms with Crippen LogP contribution in [0.3, 0.4) is 0 Å². The summed E-state index contributed by atoms with van der Waals surface area (Å²) < 4.78 is 12.3. The lowest BCUT2D eigenvalue weighted by Gasteiger charge is -2.11. The van der Waals surface area contributed by atoms with E-state index < -0.39 is 23.9 Å². The van der Waals surface area contributed by atoms with Gasteiger partial charge in [0, 0.05) is 32.6 Å². The van der Waals surface area contributed by atoms with E-state index in [0.29, 0.717) is 62.6 Å². The van der Waals surface area contributed by atoms with Crippen LogP contribution in [-0.2, 0) is 13.2 Å². The maximum absolute atomic E-state index is 12.0. The minimum atomic E-state index is -1.18. The van der Waals surface area contributed by atoms with Crippen molar-refractivity contribution in [2.45, 2.75) is 13.2 Å². The van der Waals surface area contributed by atoms with Gasteiger partial charge < -0.3 is 45.1 Å². The van der Waals surface area contributed by atoms with Crippen molar-refractivity contribution >= 4 is 95.0 Å². The number of carboxylic acid groups (broad SMARTS) is 4. The van der Waals surface area contributed by atoms with Crippen molar-refractivity contribution < 1.29 is 59.3 Å². The van der Waals surface area contributed by atoms with Crippen molar-refractivity contribution in [1.82, 2.24) is 19.9 Å². The second-order valence-corrected chi connectivity index (χ2v) is 19.8. The Morgan fingerprint density at radius 1 is 0.471 bits per heavy atom. The highest BCUT2D eigenvalue weighted by molar-refractivity contribution is 9.10. The van der Waals surface area contributed by atoms with Crippen LogP contribution < -0.4 is 14.9 Å². The Morgan fingerprint density at radius 2 is 0.941 bits per heavy atom. The second kappa shape index (κ2) is 26.8. The van der Waals surface area contributed by atoms with Crippen LogP contribution in [0.5, 0.6) is 23.0 Å². The summed E-state index contributed by atoms with van der Waals surface area (Å²) in [5.41, 5.74) is 5.90. The second-order valence-electron chi connectivity index (χ2n) is 18.5. The Morgan fingerprint density at radius 3 is 1.47 bits per heavy atom. The summed E-state index contributed by atoms with van der Waals surface area (Å²) in [5.74, 6) is -3.59. The molecule has 0 aliphatic heterocycles. The van der Waals surface area contributed by atoms with Gasteiger partial charge in [-0.25, -0.2) is 34.1 Å². The fourth-order valence-corrected chi connectivity index (χ4v) is 9.31. The van der Waals surface area contributed by atoms with Gasteiger partial charge in [0.05, 0.1) is 9.99 Å². The van der Waals surface area contributed by atoms with E-state index in [9.17, 15) is 39.3 Å². The molecule has 422 valence electrons. The molecule has 0 aliphatic rings. The van der Waals surface area contributed by atoms with E-state index in [4.69, 9.17) is 36.4 Å². The molecule has 0 amide bonds. The molecule has 17 nitrogen and oxygen atoms in total. The highest BCUT2D eigenvalue weighted by Crippen LogP contribution is 2.36. The molecule has 12 aromatic rings. The summed E-state index contributed by atoms with van der Waals surface area (Å²) in [6.07, 6.45) is 0. The monoisotopic (exact) mass is 1220 g/mol. The number of aromatic nitrogens is 4. The number of hydrogen-bond acceptors (Lipinski definition) is 12. The van der Waals surface area contributed by atoms with Crippen molar-refractivity contribution in [2.75, 3.05) is 0 Å². The third kappa shape index (κ3) is 14.2. The summed E-state index contributed by atoms with van der Waals surface area (Å²) in [6, 6.07) is 61.9. The number of halogens is 2. The van der Waals surface area contributed by atoms with Crippen LogP contribution in [0.2, 0.25) is 5.02 Å². The average Bonchev–Trinajstić information content (AvgIpc) is 3.52. The number of ether oxygens (including phenoxy) is 2. The molecule has 0 saturated heterocycles. The number of hydrogen-bond donors (Lipinski definition) is 7. The van der Waals surface area contributed by atoms with Gasteiger partial charge in [0.2, 0.25) is 0 Å². The molecular formula is C66H46BrClN4O13. The lowest BCUT2D eigenvalue weighted by molar-refractivity contribution is 0.0680. The fraction of sp³-hybridized carbons (Fsp3) is 0.0303. The molecule has 0 fully saturated rings. The summed E-state index contributed by atoms with van der Waals surface area (Å²) in [6.45, 7) is 0.719. The lowest BCUT2D eigenvalue weighted by Crippen LogP contribution is -2.10. The zero-order chi connectivity index (χ0) is 60.1. The van der Waals surface area contributed by atoms with E-state index in [1.165, 1.54) is 30.3 Å². The number of aromatic amines is 1. The zero-order valence-electron chi connectivity index (χ0n) is 44.3. The van der Waals surface area contributed by atoms with E-state index >= 15 is 0 Å². The Bertz CT molecular complexity index is 4520. The number of benzene rings is 8. The third-order valence-corrected chi connectivity index (χ3v) is 13.7. The fourth-order valence-electron chi connectivity index (χ4n) is 8.75. The smallest absolute Gasteiger partial charge is 0.354 e. The number of H-pyrrole nitrogens is 1. The molecule has 0 radical (unpaired) electrons. The Kier molecular flexibility index (Phi) is 18.5. The summed E-state index contributed by atoms with van der Waals surface area (Å²) in [7, 11) is 0. The number of pyridine rings is 4. The van der Waals surface area contributed by atoms with Crippen molar-refractivity contribution in [3.05, 3.63) is 266 Å². The van der Waals surface area contributed by atoms with Gasteiger partial charge in [0.25, 0.3) is 0 Å². The molecule has 12 rings (SSSR count). The molecule has 8 aromatic carbocycles. The van der Waals surface area contributed by atoms with Gasteiger partial charge in [-0.1, -0.05) is 157 Å². The van der Waals surface area contributed by atoms with Crippen LogP contribution in [0, 0.1) is 0 Å². The number of carboxylic acids is 4. The predicted octanol–water partition coefficient (Wildman–Crippen LogP) is 14.3. The molecule has 0 saturated carbocycles. The van der Waals surface area contributed by atoms with Gasteiger partial charge in [-0.3, -0.25) is 4.79 Å². The molecule has 4 aromatic heterocycles. The number of aromatic hydroxyl groups is 2. The number of phenols is 2. The first-order chi connectivity index (χ1) is 41.0. The number of para-hydroxylation sites is 3. The topological polar surface area (TPSA) is 280 Å². The van der Waals surface area contributed by atoms with Gasteiger partial charge >= 0.3 is 23.9 Å². The SMILES string of the molecule is O=C(O)c1cc(-c2ccc(Cl)cc2)c2cccc(O)c2n1.O=C(O)c1cc(-c2ccccc2)c2cccc(O)c2n1.O=C(O)c1cc(=O)c2cccc(OCc3ccccc3)c2[nH]1.O=C(O)c1ccc2ccc(Br)c(OCc3ccccc3)c2n1. The molecule has 7 N–H and O–H groups in total.